The van der Waals surface area contributed by atoms with Gasteiger partial charge in [-0.15, -0.1) is 0 Å². The van der Waals surface area contributed by atoms with Crippen LogP contribution in [-0.2, 0) is 4.79 Å². The smallest absolute Gasteiger partial charge is 0.224 e. The van der Waals surface area contributed by atoms with Crippen molar-refractivity contribution in [2.45, 2.75) is 13.3 Å². The highest BCUT2D eigenvalue weighted by atomic mass is 16.1. The van der Waals surface area contributed by atoms with Crippen LogP contribution in [0.15, 0.2) is 30.3 Å². The Kier molecular flexibility index (Phi) is 3.33. The fourth-order valence-electron chi connectivity index (χ4n) is 0.887. The third-order valence-electron chi connectivity index (χ3n) is 1.39. The van der Waals surface area contributed by atoms with E-state index in [0.717, 1.165) is 5.69 Å². The Morgan fingerprint density at radius 3 is 2.67 bits per heavy atom. The van der Waals surface area contributed by atoms with Gasteiger partial charge >= 0.3 is 0 Å². The number of nitrogens with one attached hydrogen (secondary N) is 1. The van der Waals surface area contributed by atoms with Gasteiger partial charge in [-0.25, -0.2) is 0 Å². The third kappa shape index (κ3) is 2.74. The predicted octanol–water partition coefficient (Wildman–Crippen LogP) is 2.12. The van der Waals surface area contributed by atoms with E-state index in [9.17, 15) is 4.79 Å². The van der Waals surface area contributed by atoms with Crippen molar-refractivity contribution in [3.8, 4) is 0 Å². The van der Waals surface area contributed by atoms with Gasteiger partial charge in [-0.2, -0.15) is 0 Å². The van der Waals surface area contributed by atoms with Crippen LogP contribution in [0.25, 0.3) is 0 Å². The van der Waals surface area contributed by atoms with Crippen LogP contribution < -0.4 is 5.32 Å². The van der Waals surface area contributed by atoms with E-state index < -0.39 is 0 Å². The highest BCUT2D eigenvalue weighted by molar-refractivity contribution is 5.91. The number of anilines is 1. The summed E-state index contributed by atoms with van der Waals surface area (Å²) in [6, 6.07) is 9.39. The van der Waals surface area contributed by atoms with E-state index in [4.69, 9.17) is 0 Å². The number of hydrogen-bond donors (Lipinski definition) is 1. The molecule has 1 N–H and O–H groups in total. The first kappa shape index (κ1) is 8.78. The molecule has 0 atom stereocenters. The molecule has 0 aromatic heterocycles. The summed E-state index contributed by atoms with van der Waals surface area (Å²) in [5.41, 5.74) is 0.831. The minimum atomic E-state index is -0.0244. The molecule has 0 bridgehead atoms. The Morgan fingerprint density at radius 2 is 2.08 bits per heavy atom. The van der Waals surface area contributed by atoms with Crippen molar-refractivity contribution in [2.75, 3.05) is 5.32 Å². The first-order valence-electron chi connectivity index (χ1n) is 3.82. The van der Waals surface area contributed by atoms with Crippen molar-refractivity contribution >= 4 is 11.6 Å². The standard InChI is InChI=1S/C10H11NO/c1-2-6-10(12)11-9-7-4-3-5-8-9/h3-5,7-8H,6H2,1H3,(H,11,12). The van der Waals surface area contributed by atoms with Crippen LogP contribution >= 0.6 is 0 Å². The van der Waals surface area contributed by atoms with Crippen molar-refractivity contribution in [2.24, 2.45) is 0 Å². The molecule has 2 nitrogen and oxygen atoms in total. The zero-order valence-corrected chi connectivity index (χ0v) is 7.00. The Hall–Kier alpha value is -1.31. The van der Waals surface area contributed by atoms with Gasteiger partial charge in [-0.3, -0.25) is 4.79 Å². The molecular formula is C10H11NO. The van der Waals surface area contributed by atoms with Crippen LogP contribution in [-0.4, -0.2) is 5.91 Å². The molecule has 0 saturated carbocycles. The lowest BCUT2D eigenvalue weighted by atomic mass is 10.3. The molecule has 1 aromatic carbocycles. The number of benzene rings is 1. The summed E-state index contributed by atoms with van der Waals surface area (Å²) < 4.78 is 0. The summed E-state index contributed by atoms with van der Waals surface area (Å²) >= 11 is 0. The molecule has 2 radical (unpaired) electrons. The normalized spacial score (nSPS) is 9.42. The second-order valence-corrected chi connectivity index (χ2v) is 2.44. The van der Waals surface area contributed by atoms with Gasteiger partial charge in [-0.1, -0.05) is 25.1 Å². The van der Waals surface area contributed by atoms with Crippen molar-refractivity contribution < 1.29 is 4.79 Å². The number of para-hydroxylation sites is 1. The first-order valence-corrected chi connectivity index (χ1v) is 3.82. The lowest BCUT2D eigenvalue weighted by Crippen LogP contribution is -2.10. The molecule has 2 heteroatoms. The topological polar surface area (TPSA) is 29.1 Å². The maximum Gasteiger partial charge on any atom is 0.224 e. The van der Waals surface area contributed by atoms with Gasteiger partial charge in [0.2, 0.25) is 5.91 Å². The molecule has 0 aliphatic rings. The molecule has 0 unspecified atom stereocenters. The van der Waals surface area contributed by atoms with Crippen LogP contribution in [0.2, 0.25) is 0 Å². The molecule has 0 aliphatic heterocycles. The third-order valence-corrected chi connectivity index (χ3v) is 1.39. The fraction of sp³-hybridized carbons (Fsp3) is 0.200. The average molecular weight is 161 g/mol. The summed E-state index contributed by atoms with van der Waals surface area (Å²) in [5.74, 6) is -0.0244. The van der Waals surface area contributed by atoms with E-state index in [1.165, 1.54) is 0 Å². The molecule has 0 fully saturated rings. The van der Waals surface area contributed by atoms with E-state index in [0.29, 0.717) is 6.42 Å². The molecular weight excluding hydrogens is 150 g/mol. The molecule has 0 saturated heterocycles. The van der Waals surface area contributed by atoms with E-state index in [2.05, 4.69) is 11.7 Å². The van der Waals surface area contributed by atoms with Gasteiger partial charge in [0.25, 0.3) is 0 Å². The highest BCUT2D eigenvalue weighted by Crippen LogP contribution is 2.05. The van der Waals surface area contributed by atoms with E-state index in [1.54, 1.807) is 6.92 Å². The molecule has 0 heterocycles. The summed E-state index contributed by atoms with van der Waals surface area (Å²) in [7, 11) is 0. The Bertz CT molecular complexity index is 243. The molecule has 1 amide bonds. The fourth-order valence-corrected chi connectivity index (χ4v) is 0.887. The molecule has 0 spiro atoms. The van der Waals surface area contributed by atoms with Gasteiger partial charge in [0.1, 0.15) is 0 Å². The van der Waals surface area contributed by atoms with Gasteiger partial charge in [0, 0.05) is 12.1 Å². The summed E-state index contributed by atoms with van der Waals surface area (Å²) in [5, 5.41) is 2.74. The average Bonchev–Trinajstić information content (AvgIpc) is 2.06. The van der Waals surface area contributed by atoms with E-state index >= 15 is 0 Å². The van der Waals surface area contributed by atoms with Gasteiger partial charge < -0.3 is 5.32 Å². The van der Waals surface area contributed by atoms with Gasteiger partial charge in [0.05, 0.1) is 0 Å². The highest BCUT2D eigenvalue weighted by Gasteiger charge is 1.98. The molecule has 0 aliphatic carbocycles. The first-order chi connectivity index (χ1) is 5.83. The molecule has 12 heavy (non-hydrogen) atoms. The van der Waals surface area contributed by atoms with Gasteiger partial charge in [-0.05, 0) is 18.6 Å². The summed E-state index contributed by atoms with van der Waals surface area (Å²) in [4.78, 5) is 11.0. The second kappa shape index (κ2) is 4.54. The minimum Gasteiger partial charge on any atom is -0.326 e. The van der Waals surface area contributed by atoms with Crippen LogP contribution in [0.1, 0.15) is 13.3 Å². The van der Waals surface area contributed by atoms with Crippen molar-refractivity contribution in [1.82, 2.24) is 0 Å². The summed E-state index contributed by atoms with van der Waals surface area (Å²) in [6.45, 7) is 1.74. The second-order valence-electron chi connectivity index (χ2n) is 2.44. The lowest BCUT2D eigenvalue weighted by Gasteiger charge is -2.02. The Balaban J connectivity index is 2.47. The maximum absolute atomic E-state index is 11.0. The van der Waals surface area contributed by atoms with Gasteiger partial charge in [0.15, 0.2) is 0 Å². The number of carbonyl (C=O) groups excluding carboxylic acids is 1. The van der Waals surface area contributed by atoms with Crippen molar-refractivity contribution in [3.63, 3.8) is 0 Å². The predicted molar refractivity (Wildman–Crippen MR) is 48.6 cm³/mol. The number of amides is 1. The van der Waals surface area contributed by atoms with Crippen LogP contribution in [0.4, 0.5) is 5.69 Å². The zero-order chi connectivity index (χ0) is 8.81. The quantitative estimate of drug-likeness (QED) is 0.722. The van der Waals surface area contributed by atoms with Crippen molar-refractivity contribution in [1.29, 1.82) is 0 Å². The van der Waals surface area contributed by atoms with E-state index in [1.807, 2.05) is 30.3 Å². The van der Waals surface area contributed by atoms with Crippen LogP contribution in [0.5, 0.6) is 0 Å². The SMILES string of the molecule is C[C]CC(=O)Nc1ccccc1. The zero-order valence-electron chi connectivity index (χ0n) is 7.00. The Morgan fingerprint density at radius 1 is 1.42 bits per heavy atom. The Labute approximate surface area is 72.6 Å². The van der Waals surface area contributed by atoms with Crippen molar-refractivity contribution in [3.05, 3.63) is 36.8 Å². The number of carbonyl (C=O) groups is 1. The number of rotatable bonds is 3. The maximum atomic E-state index is 11.0. The lowest BCUT2D eigenvalue weighted by molar-refractivity contribution is -0.115. The van der Waals surface area contributed by atoms with Crippen LogP contribution in [0, 0.1) is 6.42 Å². The minimum absolute atomic E-state index is 0.0244. The monoisotopic (exact) mass is 161 g/mol. The molecule has 1 aromatic rings. The van der Waals surface area contributed by atoms with E-state index in [-0.39, 0.29) is 5.91 Å². The molecule has 62 valence electrons. The van der Waals surface area contributed by atoms with Crippen LogP contribution in [0.3, 0.4) is 0 Å². The largest absolute Gasteiger partial charge is 0.326 e. The molecule has 1 rings (SSSR count). The number of hydrogen-bond acceptors (Lipinski definition) is 1. The summed E-state index contributed by atoms with van der Waals surface area (Å²) in [6.07, 6.45) is 3.12.